The van der Waals surface area contributed by atoms with Gasteiger partial charge >= 0.3 is 0 Å². The largest absolute Gasteiger partial charge is 0.494 e. The molecular formula is C18H23NO2. The Hall–Kier alpha value is -2.00. The summed E-state index contributed by atoms with van der Waals surface area (Å²) in [6, 6.07) is 14.0. The fraction of sp³-hybridized carbons (Fsp3) is 0.333. The first-order chi connectivity index (χ1) is 10.1. The predicted octanol–water partition coefficient (Wildman–Crippen LogP) is 4.08. The number of aryl methyl sites for hydroxylation is 1. The molecule has 2 aromatic carbocycles. The van der Waals surface area contributed by atoms with Gasteiger partial charge in [0.1, 0.15) is 17.2 Å². The van der Waals surface area contributed by atoms with Crippen molar-refractivity contribution in [2.45, 2.75) is 33.2 Å². The first kappa shape index (κ1) is 15.4. The molecule has 2 rings (SSSR count). The molecule has 0 radical (unpaired) electrons. The maximum atomic E-state index is 5.92. The third-order valence-corrected chi connectivity index (χ3v) is 3.16. The minimum atomic E-state index is 0.169. The number of hydrogen-bond acceptors (Lipinski definition) is 3. The number of ether oxygens (including phenoxy) is 2. The molecule has 0 heterocycles. The molecule has 0 aliphatic heterocycles. The number of nitrogens with two attached hydrogens (primary N) is 1. The zero-order valence-corrected chi connectivity index (χ0v) is 12.9. The summed E-state index contributed by atoms with van der Waals surface area (Å²) in [6.45, 7) is 6.70. The van der Waals surface area contributed by atoms with Crippen molar-refractivity contribution in [2.24, 2.45) is 5.73 Å². The van der Waals surface area contributed by atoms with Crippen LogP contribution in [0.25, 0.3) is 0 Å². The molecule has 0 amide bonds. The molecule has 2 N–H and O–H groups in total. The van der Waals surface area contributed by atoms with Gasteiger partial charge in [0.2, 0.25) is 0 Å². The smallest absolute Gasteiger partial charge is 0.130 e. The van der Waals surface area contributed by atoms with E-state index in [1.165, 1.54) is 5.56 Å². The third kappa shape index (κ3) is 4.50. The average Bonchev–Trinajstić information content (AvgIpc) is 2.43. The summed E-state index contributed by atoms with van der Waals surface area (Å²) in [5.41, 5.74) is 8.18. The zero-order valence-electron chi connectivity index (χ0n) is 12.9. The van der Waals surface area contributed by atoms with Gasteiger partial charge in [-0.3, -0.25) is 0 Å². The average molecular weight is 285 g/mol. The van der Waals surface area contributed by atoms with Gasteiger partial charge in [-0.1, -0.05) is 12.1 Å². The van der Waals surface area contributed by atoms with Crippen LogP contribution in [0.1, 0.15) is 25.0 Å². The van der Waals surface area contributed by atoms with E-state index in [1.54, 1.807) is 0 Å². The Morgan fingerprint density at radius 3 is 2.29 bits per heavy atom. The number of benzene rings is 2. The second kappa shape index (κ2) is 7.14. The lowest BCUT2D eigenvalue weighted by Crippen LogP contribution is -2.17. The quantitative estimate of drug-likeness (QED) is 0.870. The monoisotopic (exact) mass is 285 g/mol. The molecule has 3 heteroatoms. The van der Waals surface area contributed by atoms with Crippen molar-refractivity contribution >= 4 is 0 Å². The van der Waals surface area contributed by atoms with E-state index in [9.17, 15) is 0 Å². The van der Waals surface area contributed by atoms with E-state index < -0.39 is 0 Å². The Morgan fingerprint density at radius 1 is 1.05 bits per heavy atom. The zero-order chi connectivity index (χ0) is 15.2. The van der Waals surface area contributed by atoms with E-state index in [-0.39, 0.29) is 6.04 Å². The molecule has 0 saturated carbocycles. The van der Waals surface area contributed by atoms with E-state index in [0.717, 1.165) is 29.2 Å². The minimum Gasteiger partial charge on any atom is -0.494 e. The Labute approximate surface area is 126 Å². The molecule has 1 unspecified atom stereocenters. The van der Waals surface area contributed by atoms with E-state index in [1.807, 2.05) is 44.2 Å². The van der Waals surface area contributed by atoms with Crippen LogP contribution >= 0.6 is 0 Å². The van der Waals surface area contributed by atoms with Crippen molar-refractivity contribution in [3.05, 3.63) is 53.6 Å². The summed E-state index contributed by atoms with van der Waals surface area (Å²) < 4.78 is 11.3. The van der Waals surface area contributed by atoms with Crippen molar-refractivity contribution in [3.63, 3.8) is 0 Å². The molecule has 21 heavy (non-hydrogen) atoms. The van der Waals surface area contributed by atoms with E-state index >= 15 is 0 Å². The van der Waals surface area contributed by atoms with Crippen LogP contribution in [0.4, 0.5) is 0 Å². The molecule has 1 atom stereocenters. The van der Waals surface area contributed by atoms with Crippen LogP contribution in [0.3, 0.4) is 0 Å². The first-order valence-corrected chi connectivity index (χ1v) is 7.34. The summed E-state index contributed by atoms with van der Waals surface area (Å²) in [5.74, 6) is 2.53. The summed E-state index contributed by atoms with van der Waals surface area (Å²) in [4.78, 5) is 0. The fourth-order valence-electron chi connectivity index (χ4n) is 2.22. The highest BCUT2D eigenvalue weighted by Gasteiger charge is 2.05. The van der Waals surface area contributed by atoms with Crippen LogP contribution < -0.4 is 15.2 Å². The molecule has 0 saturated heterocycles. The molecule has 0 bridgehead atoms. The molecule has 0 aromatic heterocycles. The molecule has 0 aliphatic rings. The number of hydrogen-bond donors (Lipinski definition) is 1. The van der Waals surface area contributed by atoms with Crippen molar-refractivity contribution in [1.82, 2.24) is 0 Å². The van der Waals surface area contributed by atoms with Crippen molar-refractivity contribution in [1.29, 1.82) is 0 Å². The van der Waals surface area contributed by atoms with E-state index in [2.05, 4.69) is 19.1 Å². The van der Waals surface area contributed by atoms with Gasteiger partial charge in [-0.05, 0) is 68.7 Å². The fourth-order valence-corrected chi connectivity index (χ4v) is 2.22. The molecule has 0 spiro atoms. The highest BCUT2D eigenvalue weighted by Crippen LogP contribution is 2.27. The van der Waals surface area contributed by atoms with Gasteiger partial charge in [-0.25, -0.2) is 0 Å². The Kier molecular flexibility index (Phi) is 5.23. The third-order valence-electron chi connectivity index (χ3n) is 3.16. The summed E-state index contributed by atoms with van der Waals surface area (Å²) >= 11 is 0. The van der Waals surface area contributed by atoms with Gasteiger partial charge in [-0.2, -0.15) is 0 Å². The van der Waals surface area contributed by atoms with Crippen LogP contribution in [0.15, 0.2) is 42.5 Å². The highest BCUT2D eigenvalue weighted by atomic mass is 16.5. The van der Waals surface area contributed by atoms with Crippen molar-refractivity contribution < 1.29 is 9.47 Å². The molecule has 112 valence electrons. The lowest BCUT2D eigenvalue weighted by atomic mass is 10.0. The van der Waals surface area contributed by atoms with Crippen LogP contribution in [0.5, 0.6) is 17.2 Å². The second-order valence-electron chi connectivity index (χ2n) is 5.29. The molecule has 0 fully saturated rings. The Morgan fingerprint density at radius 2 is 1.71 bits per heavy atom. The van der Waals surface area contributed by atoms with Gasteiger partial charge in [0.25, 0.3) is 0 Å². The molecule has 0 aliphatic carbocycles. The predicted molar refractivity (Wildman–Crippen MR) is 86.2 cm³/mol. The van der Waals surface area contributed by atoms with E-state index in [4.69, 9.17) is 15.2 Å². The maximum Gasteiger partial charge on any atom is 0.130 e. The van der Waals surface area contributed by atoms with Crippen molar-refractivity contribution in [2.75, 3.05) is 6.61 Å². The SMILES string of the molecule is CCOc1ccc(Oc2ccc(CC(C)N)cc2C)cc1. The lowest BCUT2D eigenvalue weighted by Gasteiger charge is -2.12. The molecule has 3 nitrogen and oxygen atoms in total. The van der Waals surface area contributed by atoms with Crippen LogP contribution in [-0.2, 0) is 6.42 Å². The van der Waals surface area contributed by atoms with Crippen LogP contribution in [0.2, 0.25) is 0 Å². The lowest BCUT2D eigenvalue weighted by molar-refractivity contribution is 0.339. The minimum absolute atomic E-state index is 0.169. The topological polar surface area (TPSA) is 44.5 Å². The van der Waals surface area contributed by atoms with E-state index in [0.29, 0.717) is 6.61 Å². The normalized spacial score (nSPS) is 12.0. The van der Waals surface area contributed by atoms with Gasteiger partial charge in [-0.15, -0.1) is 0 Å². The maximum absolute atomic E-state index is 5.92. The van der Waals surface area contributed by atoms with Crippen LogP contribution in [-0.4, -0.2) is 12.6 Å². The van der Waals surface area contributed by atoms with Gasteiger partial charge in [0.05, 0.1) is 6.61 Å². The molecule has 2 aromatic rings. The standard InChI is InChI=1S/C18H23NO2/c1-4-20-16-6-8-17(9-7-16)21-18-10-5-15(11-13(18)2)12-14(3)19/h5-11,14H,4,12,19H2,1-3H3. The van der Waals surface area contributed by atoms with Gasteiger partial charge in [0, 0.05) is 6.04 Å². The summed E-state index contributed by atoms with van der Waals surface area (Å²) in [6.07, 6.45) is 0.879. The van der Waals surface area contributed by atoms with Crippen LogP contribution in [0, 0.1) is 6.92 Å². The van der Waals surface area contributed by atoms with Gasteiger partial charge < -0.3 is 15.2 Å². The number of rotatable bonds is 6. The second-order valence-corrected chi connectivity index (χ2v) is 5.29. The first-order valence-electron chi connectivity index (χ1n) is 7.34. The summed E-state index contributed by atoms with van der Waals surface area (Å²) in [7, 11) is 0. The van der Waals surface area contributed by atoms with Gasteiger partial charge in [0.15, 0.2) is 0 Å². The summed E-state index contributed by atoms with van der Waals surface area (Å²) in [5, 5.41) is 0. The Bertz CT molecular complexity index is 576. The van der Waals surface area contributed by atoms with Crippen molar-refractivity contribution in [3.8, 4) is 17.2 Å². The highest BCUT2D eigenvalue weighted by molar-refractivity contribution is 5.41. The Balaban J connectivity index is 2.08. The molecular weight excluding hydrogens is 262 g/mol.